The van der Waals surface area contributed by atoms with Crippen molar-refractivity contribution in [2.75, 3.05) is 6.54 Å². The fraction of sp³-hybridized carbons (Fsp3) is 0.455. The fourth-order valence-electron chi connectivity index (χ4n) is 1.48. The Labute approximate surface area is 94.1 Å². The Kier molecular flexibility index (Phi) is 4.10. The van der Waals surface area contributed by atoms with Crippen molar-refractivity contribution in [1.82, 2.24) is 9.88 Å². The van der Waals surface area contributed by atoms with Crippen LogP contribution in [-0.2, 0) is 11.3 Å². The Hall–Kier alpha value is -1.78. The average molecular weight is 224 g/mol. The number of carbonyl (C=O) groups is 2. The quantitative estimate of drug-likeness (QED) is 0.784. The van der Waals surface area contributed by atoms with E-state index in [9.17, 15) is 9.59 Å². The second kappa shape index (κ2) is 5.34. The van der Waals surface area contributed by atoms with Gasteiger partial charge < -0.3 is 15.0 Å². The minimum atomic E-state index is -1.01. The van der Waals surface area contributed by atoms with Crippen LogP contribution in [0.1, 0.15) is 29.4 Å². The van der Waals surface area contributed by atoms with Crippen molar-refractivity contribution >= 4 is 11.9 Å². The minimum Gasteiger partial charge on any atom is -0.477 e. The third kappa shape index (κ3) is 2.85. The first-order chi connectivity index (χ1) is 7.56. The highest BCUT2D eigenvalue weighted by Gasteiger charge is 2.14. The Morgan fingerprint density at radius 3 is 2.75 bits per heavy atom. The zero-order valence-electron chi connectivity index (χ0n) is 9.49. The maximum Gasteiger partial charge on any atom is 0.352 e. The van der Waals surface area contributed by atoms with Crippen LogP contribution in [0.2, 0.25) is 0 Å². The van der Waals surface area contributed by atoms with E-state index in [0.29, 0.717) is 12.1 Å². The van der Waals surface area contributed by atoms with E-state index in [2.05, 4.69) is 5.32 Å². The number of carboxylic acid groups (broad SMARTS) is 1. The zero-order valence-corrected chi connectivity index (χ0v) is 9.49. The summed E-state index contributed by atoms with van der Waals surface area (Å²) in [5.41, 5.74) is 0.836. The van der Waals surface area contributed by atoms with Gasteiger partial charge in [-0.3, -0.25) is 4.79 Å². The smallest absolute Gasteiger partial charge is 0.352 e. The maximum absolute atomic E-state index is 11.4. The van der Waals surface area contributed by atoms with Crippen LogP contribution in [0.15, 0.2) is 12.3 Å². The summed E-state index contributed by atoms with van der Waals surface area (Å²) in [5.74, 6) is -1.18. The number of hydrogen-bond donors (Lipinski definition) is 2. The standard InChI is InChI=1S/C11H16N2O3/c1-3-5-12-9(14)7-13-6-4-8(2)10(13)11(15)16/h4,6H,3,5,7H2,1-2H3,(H,12,14)(H,15,16). The van der Waals surface area contributed by atoms with Gasteiger partial charge in [0.25, 0.3) is 0 Å². The van der Waals surface area contributed by atoms with Crippen molar-refractivity contribution in [3.05, 3.63) is 23.5 Å². The molecule has 0 unspecified atom stereocenters. The van der Waals surface area contributed by atoms with Crippen molar-refractivity contribution in [1.29, 1.82) is 0 Å². The molecule has 0 bridgehead atoms. The summed E-state index contributed by atoms with van der Waals surface area (Å²) in [6.45, 7) is 4.34. The zero-order chi connectivity index (χ0) is 12.1. The van der Waals surface area contributed by atoms with Gasteiger partial charge in [0.1, 0.15) is 12.2 Å². The van der Waals surface area contributed by atoms with Crippen LogP contribution in [0.4, 0.5) is 0 Å². The van der Waals surface area contributed by atoms with Crippen molar-refractivity contribution < 1.29 is 14.7 Å². The summed E-state index contributed by atoms with van der Waals surface area (Å²) in [4.78, 5) is 22.4. The number of carboxylic acids is 1. The fourth-order valence-corrected chi connectivity index (χ4v) is 1.48. The van der Waals surface area contributed by atoms with Crippen LogP contribution in [0, 0.1) is 6.92 Å². The monoisotopic (exact) mass is 224 g/mol. The largest absolute Gasteiger partial charge is 0.477 e. The molecule has 1 rings (SSSR count). The number of amides is 1. The lowest BCUT2D eigenvalue weighted by atomic mass is 10.3. The average Bonchev–Trinajstić information content (AvgIpc) is 2.56. The molecule has 0 atom stereocenters. The third-order valence-corrected chi connectivity index (χ3v) is 2.25. The molecule has 1 aromatic heterocycles. The highest BCUT2D eigenvalue weighted by Crippen LogP contribution is 2.09. The van der Waals surface area contributed by atoms with E-state index in [4.69, 9.17) is 5.11 Å². The van der Waals surface area contributed by atoms with E-state index in [1.54, 1.807) is 19.2 Å². The molecule has 1 amide bonds. The van der Waals surface area contributed by atoms with Crippen LogP contribution in [0.25, 0.3) is 0 Å². The summed E-state index contributed by atoms with van der Waals surface area (Å²) >= 11 is 0. The number of hydrogen-bond acceptors (Lipinski definition) is 2. The van der Waals surface area contributed by atoms with Gasteiger partial charge in [0.15, 0.2) is 0 Å². The van der Waals surface area contributed by atoms with Crippen LogP contribution in [-0.4, -0.2) is 28.1 Å². The number of aryl methyl sites for hydroxylation is 1. The number of carbonyl (C=O) groups excluding carboxylic acids is 1. The topological polar surface area (TPSA) is 71.3 Å². The molecular weight excluding hydrogens is 208 g/mol. The molecular formula is C11H16N2O3. The van der Waals surface area contributed by atoms with E-state index >= 15 is 0 Å². The Balaban J connectivity index is 2.74. The van der Waals surface area contributed by atoms with E-state index in [0.717, 1.165) is 6.42 Å². The Bertz CT molecular complexity index is 396. The molecule has 0 aliphatic heterocycles. The van der Waals surface area contributed by atoms with Crippen LogP contribution >= 0.6 is 0 Å². The summed E-state index contributed by atoms with van der Waals surface area (Å²) < 4.78 is 1.45. The first-order valence-electron chi connectivity index (χ1n) is 5.22. The summed E-state index contributed by atoms with van der Waals surface area (Å²) in [6.07, 6.45) is 2.48. The molecule has 0 saturated heterocycles. The van der Waals surface area contributed by atoms with Gasteiger partial charge in [0.05, 0.1) is 0 Å². The predicted molar refractivity (Wildman–Crippen MR) is 59.4 cm³/mol. The molecule has 2 N–H and O–H groups in total. The molecule has 1 aromatic rings. The first kappa shape index (κ1) is 12.3. The van der Waals surface area contributed by atoms with Gasteiger partial charge in [-0.2, -0.15) is 0 Å². The highest BCUT2D eigenvalue weighted by atomic mass is 16.4. The van der Waals surface area contributed by atoms with Gasteiger partial charge in [-0.25, -0.2) is 4.79 Å². The predicted octanol–water partition coefficient (Wildman–Crippen LogP) is 1.02. The molecule has 0 radical (unpaired) electrons. The molecule has 0 saturated carbocycles. The number of aromatic carboxylic acids is 1. The lowest BCUT2D eigenvalue weighted by Crippen LogP contribution is -2.29. The summed E-state index contributed by atoms with van der Waals surface area (Å²) in [5, 5.41) is 11.7. The summed E-state index contributed by atoms with van der Waals surface area (Å²) in [6, 6.07) is 1.69. The van der Waals surface area contributed by atoms with Crippen molar-refractivity contribution in [2.45, 2.75) is 26.8 Å². The van der Waals surface area contributed by atoms with Crippen molar-refractivity contribution in [2.24, 2.45) is 0 Å². The lowest BCUT2D eigenvalue weighted by Gasteiger charge is -2.07. The number of rotatable bonds is 5. The van der Waals surface area contributed by atoms with Gasteiger partial charge >= 0.3 is 5.97 Å². The van der Waals surface area contributed by atoms with Gasteiger partial charge in [-0.05, 0) is 25.0 Å². The first-order valence-corrected chi connectivity index (χ1v) is 5.22. The van der Waals surface area contributed by atoms with Gasteiger partial charge in [-0.15, -0.1) is 0 Å². The number of aromatic nitrogens is 1. The lowest BCUT2D eigenvalue weighted by molar-refractivity contribution is -0.121. The van der Waals surface area contributed by atoms with E-state index in [1.807, 2.05) is 6.92 Å². The normalized spacial score (nSPS) is 10.1. The molecule has 0 aliphatic rings. The minimum absolute atomic E-state index is 0.0511. The second-order valence-electron chi connectivity index (χ2n) is 3.63. The van der Waals surface area contributed by atoms with E-state index in [1.165, 1.54) is 4.57 Å². The summed E-state index contributed by atoms with van der Waals surface area (Å²) in [7, 11) is 0. The van der Waals surface area contributed by atoms with E-state index in [-0.39, 0.29) is 18.1 Å². The Morgan fingerprint density at radius 1 is 1.50 bits per heavy atom. The van der Waals surface area contributed by atoms with Gasteiger partial charge in [0, 0.05) is 12.7 Å². The molecule has 0 fully saturated rings. The third-order valence-electron chi connectivity index (χ3n) is 2.25. The second-order valence-corrected chi connectivity index (χ2v) is 3.63. The molecule has 0 aliphatic carbocycles. The van der Waals surface area contributed by atoms with Crippen molar-refractivity contribution in [3.8, 4) is 0 Å². The van der Waals surface area contributed by atoms with Crippen LogP contribution in [0.3, 0.4) is 0 Å². The molecule has 5 nitrogen and oxygen atoms in total. The molecule has 16 heavy (non-hydrogen) atoms. The number of nitrogens with one attached hydrogen (secondary N) is 1. The number of nitrogens with zero attached hydrogens (tertiary/aromatic N) is 1. The van der Waals surface area contributed by atoms with E-state index < -0.39 is 5.97 Å². The highest BCUT2D eigenvalue weighted by molar-refractivity contribution is 5.88. The van der Waals surface area contributed by atoms with Gasteiger partial charge in [0.2, 0.25) is 5.91 Å². The molecule has 88 valence electrons. The molecule has 1 heterocycles. The van der Waals surface area contributed by atoms with Crippen LogP contribution < -0.4 is 5.32 Å². The molecule has 5 heteroatoms. The van der Waals surface area contributed by atoms with Gasteiger partial charge in [-0.1, -0.05) is 6.92 Å². The SMILES string of the molecule is CCCNC(=O)Cn1ccc(C)c1C(=O)O. The maximum atomic E-state index is 11.4. The molecule has 0 spiro atoms. The van der Waals surface area contributed by atoms with Crippen LogP contribution in [0.5, 0.6) is 0 Å². The van der Waals surface area contributed by atoms with Crippen molar-refractivity contribution in [3.63, 3.8) is 0 Å². The molecule has 0 aromatic carbocycles. The Morgan fingerprint density at radius 2 is 2.19 bits per heavy atom.